The van der Waals surface area contributed by atoms with Crippen LogP contribution in [0.25, 0.3) is 0 Å². The predicted octanol–water partition coefficient (Wildman–Crippen LogP) is 3.82. The minimum Gasteiger partial charge on any atom is -0.489 e. The van der Waals surface area contributed by atoms with Crippen molar-refractivity contribution in [1.29, 1.82) is 0 Å². The van der Waals surface area contributed by atoms with E-state index in [0.717, 1.165) is 17.9 Å². The molecule has 6 nitrogen and oxygen atoms in total. The average molecular weight is 452 g/mol. The molecule has 1 fully saturated rings. The first-order valence-electron chi connectivity index (χ1n) is 11.7. The lowest BCUT2D eigenvalue weighted by Crippen LogP contribution is -2.46. The van der Waals surface area contributed by atoms with Crippen molar-refractivity contribution in [2.45, 2.75) is 33.3 Å². The van der Waals surface area contributed by atoms with Gasteiger partial charge < -0.3 is 19.9 Å². The molecular formula is C27H37N3O3. The molecule has 33 heavy (non-hydrogen) atoms. The Kier molecular flexibility index (Phi) is 8.50. The second kappa shape index (κ2) is 11.3. The van der Waals surface area contributed by atoms with Crippen LogP contribution < -0.4 is 10.1 Å². The molecule has 1 aliphatic rings. The molecule has 2 aromatic carbocycles. The molecule has 0 aliphatic carbocycles. The van der Waals surface area contributed by atoms with Crippen LogP contribution in [0.2, 0.25) is 0 Å². The molecule has 6 heteroatoms. The van der Waals surface area contributed by atoms with E-state index in [2.05, 4.69) is 24.1 Å². The van der Waals surface area contributed by atoms with E-state index in [-0.39, 0.29) is 23.1 Å². The molecule has 2 amide bonds. The Hall–Kier alpha value is -2.86. The Labute approximate surface area is 197 Å². The highest BCUT2D eigenvalue weighted by Gasteiger charge is 2.29. The molecule has 1 N–H and O–H groups in total. The molecule has 0 atom stereocenters. The predicted molar refractivity (Wildman–Crippen MR) is 131 cm³/mol. The Balaban J connectivity index is 1.44. The maximum atomic E-state index is 12.9. The second-order valence-corrected chi connectivity index (χ2v) is 9.98. The van der Waals surface area contributed by atoms with E-state index >= 15 is 0 Å². The number of ether oxygens (including phenoxy) is 1. The molecule has 0 bridgehead atoms. The van der Waals surface area contributed by atoms with Crippen LogP contribution in [0, 0.1) is 11.3 Å². The van der Waals surface area contributed by atoms with Crippen molar-refractivity contribution in [3.05, 3.63) is 65.7 Å². The molecule has 0 spiro atoms. The molecule has 0 saturated carbocycles. The fourth-order valence-electron chi connectivity index (χ4n) is 4.34. The third kappa shape index (κ3) is 7.60. The summed E-state index contributed by atoms with van der Waals surface area (Å²) in [5.74, 6) is 0.824. The summed E-state index contributed by atoms with van der Waals surface area (Å²) in [4.78, 5) is 29.5. The minimum absolute atomic E-state index is 0.00980. The van der Waals surface area contributed by atoms with Gasteiger partial charge in [0.15, 0.2) is 0 Å². The fourth-order valence-corrected chi connectivity index (χ4v) is 4.34. The third-order valence-corrected chi connectivity index (χ3v) is 5.99. The number of carbonyl (C=O) groups excluding carboxylic acids is 2. The van der Waals surface area contributed by atoms with E-state index < -0.39 is 0 Å². The summed E-state index contributed by atoms with van der Waals surface area (Å²) in [5.41, 5.74) is 1.77. The zero-order valence-corrected chi connectivity index (χ0v) is 20.3. The van der Waals surface area contributed by atoms with Crippen LogP contribution in [0.4, 0.5) is 0 Å². The van der Waals surface area contributed by atoms with Gasteiger partial charge in [-0.3, -0.25) is 9.59 Å². The van der Waals surface area contributed by atoms with Gasteiger partial charge in [0.25, 0.3) is 5.91 Å². The SMILES string of the molecule is CN(C)CC(C)(C)CNC(=O)C1CCN(C(=O)c2ccc(OCc3ccccc3)cc2)CC1. The van der Waals surface area contributed by atoms with Crippen molar-refractivity contribution >= 4 is 11.8 Å². The number of nitrogens with zero attached hydrogens (tertiary/aromatic N) is 2. The van der Waals surface area contributed by atoms with Crippen molar-refractivity contribution in [2.24, 2.45) is 11.3 Å². The van der Waals surface area contributed by atoms with Crippen molar-refractivity contribution in [3.63, 3.8) is 0 Å². The van der Waals surface area contributed by atoms with Crippen LogP contribution in [0.15, 0.2) is 54.6 Å². The van der Waals surface area contributed by atoms with Crippen molar-refractivity contribution in [1.82, 2.24) is 15.1 Å². The summed E-state index contributed by atoms with van der Waals surface area (Å²) < 4.78 is 5.81. The minimum atomic E-state index is -0.0297. The number of hydrogen-bond donors (Lipinski definition) is 1. The van der Waals surface area contributed by atoms with Gasteiger partial charge in [-0.15, -0.1) is 0 Å². The summed E-state index contributed by atoms with van der Waals surface area (Å²) in [6.45, 7) is 7.59. The van der Waals surface area contributed by atoms with Crippen molar-refractivity contribution in [2.75, 3.05) is 40.3 Å². The number of piperidine rings is 1. The first kappa shape index (κ1) is 24.8. The molecule has 2 aromatic rings. The smallest absolute Gasteiger partial charge is 0.253 e. The van der Waals surface area contributed by atoms with Crippen LogP contribution in [-0.2, 0) is 11.4 Å². The number of hydrogen-bond acceptors (Lipinski definition) is 4. The lowest BCUT2D eigenvalue weighted by molar-refractivity contribution is -0.126. The highest BCUT2D eigenvalue weighted by molar-refractivity contribution is 5.94. The lowest BCUT2D eigenvalue weighted by atomic mass is 9.91. The quantitative estimate of drug-likeness (QED) is 0.630. The summed E-state index contributed by atoms with van der Waals surface area (Å²) >= 11 is 0. The summed E-state index contributed by atoms with van der Waals surface area (Å²) in [5, 5.41) is 3.12. The standard InChI is InChI=1S/C27H37N3O3/c1-27(2,20-29(3)4)19-28-25(31)22-14-16-30(17-15-22)26(32)23-10-12-24(13-11-23)33-18-21-8-6-5-7-9-21/h5-13,22H,14-20H2,1-4H3,(H,28,31). The monoisotopic (exact) mass is 451 g/mol. The molecule has 1 saturated heterocycles. The van der Waals surface area contributed by atoms with Crippen LogP contribution in [0.3, 0.4) is 0 Å². The number of nitrogens with one attached hydrogen (secondary N) is 1. The zero-order valence-electron chi connectivity index (χ0n) is 20.3. The molecular weight excluding hydrogens is 414 g/mol. The molecule has 0 radical (unpaired) electrons. The summed E-state index contributed by atoms with van der Waals surface area (Å²) in [6, 6.07) is 17.3. The van der Waals surface area contributed by atoms with E-state index in [9.17, 15) is 9.59 Å². The average Bonchev–Trinajstić information content (AvgIpc) is 2.81. The van der Waals surface area contributed by atoms with Crippen LogP contribution in [0.1, 0.15) is 42.6 Å². The number of benzene rings is 2. The van der Waals surface area contributed by atoms with Crippen LogP contribution >= 0.6 is 0 Å². The Morgan fingerprint density at radius 3 is 2.27 bits per heavy atom. The molecule has 1 heterocycles. The van der Waals surface area contributed by atoms with Gasteiger partial charge in [-0.05, 0) is 62.2 Å². The van der Waals surface area contributed by atoms with Crippen molar-refractivity contribution < 1.29 is 14.3 Å². The Bertz CT molecular complexity index is 902. The number of rotatable bonds is 9. The largest absolute Gasteiger partial charge is 0.489 e. The Morgan fingerprint density at radius 1 is 1.03 bits per heavy atom. The van der Waals surface area contributed by atoms with E-state index in [1.54, 1.807) is 0 Å². The highest BCUT2D eigenvalue weighted by atomic mass is 16.5. The third-order valence-electron chi connectivity index (χ3n) is 5.99. The van der Waals surface area contributed by atoms with Crippen molar-refractivity contribution in [3.8, 4) is 5.75 Å². The molecule has 0 unspecified atom stereocenters. The first-order chi connectivity index (χ1) is 15.7. The van der Waals surface area contributed by atoms with Gasteiger partial charge in [0.2, 0.25) is 5.91 Å². The van der Waals surface area contributed by atoms with Gasteiger partial charge in [-0.25, -0.2) is 0 Å². The second-order valence-electron chi connectivity index (χ2n) is 9.98. The molecule has 3 rings (SSSR count). The van der Waals surface area contributed by atoms with Gasteiger partial charge in [0.05, 0.1) is 0 Å². The molecule has 0 aromatic heterocycles. The number of amides is 2. The topological polar surface area (TPSA) is 61.9 Å². The van der Waals surface area contributed by atoms with Gasteiger partial charge in [-0.2, -0.15) is 0 Å². The maximum absolute atomic E-state index is 12.9. The van der Waals surface area contributed by atoms with Gasteiger partial charge in [-0.1, -0.05) is 44.2 Å². The normalized spacial score (nSPS) is 14.9. The van der Waals surface area contributed by atoms with E-state index in [1.165, 1.54) is 0 Å². The van der Waals surface area contributed by atoms with E-state index in [4.69, 9.17) is 4.74 Å². The zero-order chi connectivity index (χ0) is 23.8. The fraction of sp³-hybridized carbons (Fsp3) is 0.481. The molecule has 1 aliphatic heterocycles. The van der Waals surface area contributed by atoms with Gasteiger partial charge >= 0.3 is 0 Å². The summed E-state index contributed by atoms with van der Waals surface area (Å²) in [6.07, 6.45) is 1.40. The van der Waals surface area contributed by atoms with Gasteiger partial charge in [0.1, 0.15) is 12.4 Å². The maximum Gasteiger partial charge on any atom is 0.253 e. The number of carbonyl (C=O) groups is 2. The Morgan fingerprint density at radius 2 is 1.67 bits per heavy atom. The highest BCUT2D eigenvalue weighted by Crippen LogP contribution is 2.22. The van der Waals surface area contributed by atoms with E-state index in [0.29, 0.717) is 44.6 Å². The lowest BCUT2D eigenvalue weighted by Gasteiger charge is -2.33. The van der Waals surface area contributed by atoms with Crippen LogP contribution in [-0.4, -0.2) is 61.9 Å². The summed E-state index contributed by atoms with van der Waals surface area (Å²) in [7, 11) is 4.09. The number of likely N-dealkylation sites (tertiary alicyclic amines) is 1. The van der Waals surface area contributed by atoms with Crippen LogP contribution in [0.5, 0.6) is 5.75 Å². The van der Waals surface area contributed by atoms with Gasteiger partial charge in [0, 0.05) is 37.7 Å². The first-order valence-corrected chi connectivity index (χ1v) is 11.7. The molecule has 178 valence electrons. The van der Waals surface area contributed by atoms with E-state index in [1.807, 2.05) is 73.6 Å².